The first kappa shape index (κ1) is 89.3. The number of nitrogens with zero attached hydrogens (tertiary/aromatic N) is 2. The second-order valence-electron chi connectivity index (χ2n) is 30.8. The molecule has 2 fully saturated rings. The minimum absolute atomic E-state index is 0.0444. The highest BCUT2D eigenvalue weighted by Gasteiger charge is 2.52. The van der Waals surface area contributed by atoms with Crippen LogP contribution in [0, 0.1) is 23.6 Å². The average molecular weight is 1740 g/mol. The molecule has 18 N–H and O–H groups in total. The van der Waals surface area contributed by atoms with Crippen molar-refractivity contribution in [1.29, 1.82) is 0 Å². The summed E-state index contributed by atoms with van der Waals surface area (Å²) < 4.78 is 54.6. The Morgan fingerprint density at radius 1 is 0.752 bits per heavy atom. The summed E-state index contributed by atoms with van der Waals surface area (Å²) in [6.45, 7) is 7.32. The van der Waals surface area contributed by atoms with E-state index in [2.05, 4.69) is 36.9 Å². The number of nitrogens with one attached hydrogen (secondary N) is 6. The average Bonchev–Trinajstić information content (AvgIpc) is 0.766. The van der Waals surface area contributed by atoms with Crippen LogP contribution in [-0.4, -0.2) is 194 Å². The van der Waals surface area contributed by atoms with Crippen LogP contribution in [0.4, 0.5) is 10.2 Å². The Kier molecular flexibility index (Phi) is 27.4. The zero-order valence-corrected chi connectivity index (χ0v) is 67.4. The van der Waals surface area contributed by atoms with Crippen LogP contribution in [-0.2, 0) is 59.1 Å². The van der Waals surface area contributed by atoms with Crippen molar-refractivity contribution in [3.05, 3.63) is 174 Å². The highest BCUT2D eigenvalue weighted by Crippen LogP contribution is 2.51. The number of phenolic OH excluding ortho intramolecular Hbond substituents is 3. The summed E-state index contributed by atoms with van der Waals surface area (Å²) in [6.07, 6.45) is -19.7. The number of aliphatic hydroxyl groups excluding tert-OH is 6. The number of primary amides is 1. The molecule has 2 saturated heterocycles. The molecule has 644 valence electrons. The van der Waals surface area contributed by atoms with E-state index in [1.807, 2.05) is 13.8 Å². The van der Waals surface area contributed by atoms with Crippen LogP contribution in [0.1, 0.15) is 142 Å². The summed E-state index contributed by atoms with van der Waals surface area (Å²) >= 11 is 20.3. The van der Waals surface area contributed by atoms with E-state index in [0.717, 1.165) is 78.9 Å². The van der Waals surface area contributed by atoms with Gasteiger partial charge in [0.2, 0.25) is 41.6 Å². The first-order chi connectivity index (χ1) is 57.3. The molecular weight excluding hydrogens is 1650 g/mol. The van der Waals surface area contributed by atoms with E-state index >= 15 is 19.2 Å². The second kappa shape index (κ2) is 37.2. The molecule has 14 rings (SSSR count). The van der Waals surface area contributed by atoms with Gasteiger partial charge in [0.1, 0.15) is 89.0 Å². The van der Waals surface area contributed by atoms with Crippen LogP contribution in [0.25, 0.3) is 11.1 Å². The number of rotatable bonds is 19. The number of aromatic nitrogens is 2. The normalized spacial score (nSPS) is 26.6. The fourth-order valence-electron chi connectivity index (χ4n) is 15.4. The molecule has 18 atom stereocenters. The minimum Gasteiger partial charge on any atom is -0.508 e. The fraction of sp³-hybridized carbons (Fsp3) is 0.402. The summed E-state index contributed by atoms with van der Waals surface area (Å²) in [5.74, 6) is -21.4. The maximum Gasteiger partial charge on any atom is 0.349 e. The number of carbonyl (C=O) groups is 9. The number of nitrogens with two attached hydrogens (primary N) is 1. The number of halogens is 4. The molecule has 2 unspecified atom stereocenters. The lowest BCUT2D eigenvalue weighted by Gasteiger charge is -2.48. The molecule has 39 heteroatoms. The van der Waals surface area contributed by atoms with E-state index in [9.17, 15) is 84.2 Å². The topological polar surface area (TPSA) is 544 Å². The number of aliphatic hydroxyl groups is 6. The van der Waals surface area contributed by atoms with Crippen molar-refractivity contribution in [3.8, 4) is 57.1 Å². The number of fused-ring (bicyclic) bond motifs is 15. The number of amides is 6. The molecule has 8 heterocycles. The number of hydrogen-bond acceptors (Lipinski definition) is 27. The number of aliphatic carboxylic acids is 1. The van der Waals surface area contributed by atoms with Crippen molar-refractivity contribution in [1.82, 2.24) is 36.1 Å². The lowest BCUT2D eigenvalue weighted by molar-refractivity contribution is -0.334. The molecule has 121 heavy (non-hydrogen) atoms. The predicted molar refractivity (Wildman–Crippen MR) is 425 cm³/mol. The third kappa shape index (κ3) is 19.8. The van der Waals surface area contributed by atoms with Crippen molar-refractivity contribution in [2.45, 2.75) is 177 Å². The first-order valence-corrected chi connectivity index (χ1v) is 39.5. The van der Waals surface area contributed by atoms with Crippen molar-refractivity contribution in [2.24, 2.45) is 23.5 Å². The monoisotopic (exact) mass is 1740 g/mol. The molecule has 11 bridgehead atoms. The molecule has 7 aliphatic heterocycles. The molecule has 6 amide bonds. The molecule has 1 aromatic heterocycles. The Bertz CT molecular complexity index is 5260. The SMILES string of the molecule is CC[C@H](CC(C)C)C(=O)N[C@H]1C(=O)C[C@@H](CC(N)=O)C(=O)NC2C(=O)C[C@H]3C(=O)N[C@H](C(=O)N[C@@H](C(=O)O)c4cc(O)cc(O)c4-c4cc3ccc4O)[C@H](O)c3ccc(c(Cl)c3)Oc3cc2cc(c3OC2O[C@H](CO)[C@@H](O)[C@H](O)[C@H]2O[C@H]2C[C@](C)(NCCn3ccc(NC(=O)c4cc(F)cc(Cl)c4)nc3=O)[C@H](O)[C@H](C)O2)Oc2ccc(cc2Cl)[C@H]1O. The molecule has 0 spiro atoms. The number of benzene rings is 6. The second-order valence-corrected chi connectivity index (χ2v) is 32.1. The van der Waals surface area contributed by atoms with E-state index in [0.29, 0.717) is 6.42 Å². The zero-order valence-electron chi connectivity index (χ0n) is 65.1. The van der Waals surface area contributed by atoms with Gasteiger partial charge >= 0.3 is 11.7 Å². The van der Waals surface area contributed by atoms with E-state index in [1.165, 1.54) is 42.0 Å². The molecule has 0 saturated carbocycles. The largest absolute Gasteiger partial charge is 0.508 e. The number of ketones is 2. The highest BCUT2D eigenvalue weighted by atomic mass is 35.5. The summed E-state index contributed by atoms with van der Waals surface area (Å²) in [4.78, 5) is 149. The molecule has 0 radical (unpaired) electrons. The smallest absolute Gasteiger partial charge is 0.349 e. The van der Waals surface area contributed by atoms with Gasteiger partial charge in [-0.05, 0) is 134 Å². The lowest BCUT2D eigenvalue weighted by Crippen LogP contribution is -2.65. The van der Waals surface area contributed by atoms with Crippen LogP contribution in [0.5, 0.6) is 46.0 Å². The van der Waals surface area contributed by atoms with Gasteiger partial charge in [-0.1, -0.05) is 73.8 Å². The van der Waals surface area contributed by atoms with Gasteiger partial charge in [0.15, 0.2) is 41.5 Å². The quantitative estimate of drug-likeness (QED) is 0.0478. The zero-order chi connectivity index (χ0) is 87.7. The Morgan fingerprint density at radius 2 is 1.42 bits per heavy atom. The Hall–Kier alpha value is -11.0. The Morgan fingerprint density at radius 3 is 2.04 bits per heavy atom. The third-order valence-corrected chi connectivity index (χ3v) is 22.5. The third-order valence-electron chi connectivity index (χ3n) is 21.7. The van der Waals surface area contributed by atoms with Crippen LogP contribution < -0.4 is 57.5 Å². The van der Waals surface area contributed by atoms with Crippen molar-refractivity contribution in [2.75, 3.05) is 18.5 Å². The summed E-state index contributed by atoms with van der Waals surface area (Å²) in [6, 6.07) is 9.66. The number of carboxylic acids is 1. The van der Waals surface area contributed by atoms with Gasteiger partial charge in [-0.2, -0.15) is 4.98 Å². The fourth-order valence-corrected chi connectivity index (χ4v) is 16.1. The molecule has 0 aliphatic carbocycles. The van der Waals surface area contributed by atoms with E-state index in [4.69, 9.17) is 69.0 Å². The van der Waals surface area contributed by atoms with Gasteiger partial charge in [0, 0.05) is 89.8 Å². The van der Waals surface area contributed by atoms with Crippen LogP contribution >= 0.6 is 34.8 Å². The number of anilines is 1. The summed E-state index contributed by atoms with van der Waals surface area (Å²) in [7, 11) is 0. The van der Waals surface area contributed by atoms with Crippen LogP contribution in [0.3, 0.4) is 0 Å². The van der Waals surface area contributed by atoms with E-state index < -0.39 is 267 Å². The van der Waals surface area contributed by atoms with Crippen molar-refractivity contribution < 1.29 is 127 Å². The van der Waals surface area contributed by atoms with E-state index in [-0.39, 0.29) is 75.7 Å². The molecule has 7 aliphatic rings. The number of aromatic hydroxyl groups is 3. The van der Waals surface area contributed by atoms with Gasteiger partial charge in [-0.3, -0.25) is 42.9 Å². The van der Waals surface area contributed by atoms with Crippen LogP contribution in [0.2, 0.25) is 15.1 Å². The molecule has 7 aromatic rings. The van der Waals surface area contributed by atoms with Gasteiger partial charge in [-0.15, -0.1) is 0 Å². The van der Waals surface area contributed by atoms with Crippen molar-refractivity contribution >= 4 is 93.6 Å². The number of Topliss-reactive ketones (excluding diaryl/α,β-unsaturated/α-hetero) is 2. The predicted octanol–water partition coefficient (Wildman–Crippen LogP) is 5.45. The number of phenols is 3. The summed E-state index contributed by atoms with van der Waals surface area (Å²) in [5, 5.41) is 131. The Labute approximate surface area is 703 Å². The molecule has 35 nitrogen and oxygen atoms in total. The maximum atomic E-state index is 16.4. The number of hydrogen-bond donors (Lipinski definition) is 17. The standard InChI is InChI=1S/C82H87Cl3FN9O26/c1-6-35(17-33(2)3)74(108)93-65-52(100)23-41(26-59(87)102)76(110)91-63-39-24-56(117-54-11-8-37(67(65)103)21-48(54)84)71(121-80-72(70(106)69(105)58(32-96)119-80)120-61-31-82(5,73(107)34(4)116-61)88-14-16-95-15-13-60(90-81(95)115)89-75(109)40-18-42(83)27-43(86)19-40)57(25-39)118-55-12-9-38(22-49(55)85)68(104)66-78(112)92-64(79(113)114)47-28-44(97)29-51(99)62(47)46-20-36(7-10-50(46)98)45(30-53(63)101)77(111)94-66/h7-13,15,18-22,24-25,27-29,33-35,41,45,58,61,63-70,72-73,80,88,96-99,103-107H,6,14,16-17,23,26,30-32H2,1-5H3,(H2,87,102)(H,91,110)(H,92,112)(H,93,108)(H,94,111)(H,113,114)(H,89,90,109,115)/t34-,35+,41-,45+,58+,61-,63?,64+,65-,66-,67+,68+,69+,70-,72+,73+,80?,82-/m0/s1. The molecular formula is C82H87Cl3FN9O26. The van der Waals surface area contributed by atoms with Gasteiger partial charge in [0.05, 0.1) is 40.7 Å². The van der Waals surface area contributed by atoms with Crippen molar-refractivity contribution in [3.63, 3.8) is 0 Å². The van der Waals surface area contributed by atoms with Gasteiger partial charge in [0.25, 0.3) is 5.91 Å². The van der Waals surface area contributed by atoms with Crippen LogP contribution in [0.15, 0.2) is 114 Å². The van der Waals surface area contributed by atoms with Gasteiger partial charge < -0.3 is 117 Å². The van der Waals surface area contributed by atoms with Gasteiger partial charge in [-0.25, -0.2) is 14.0 Å². The number of carboxylic acid groups (broad SMARTS) is 1. The maximum absolute atomic E-state index is 16.4. The first-order valence-electron chi connectivity index (χ1n) is 38.3. The highest BCUT2D eigenvalue weighted by molar-refractivity contribution is 6.32. The number of carbonyl (C=O) groups excluding carboxylic acids is 8. The molecule has 6 aromatic carbocycles. The number of ether oxygens (including phenoxy) is 6. The summed E-state index contributed by atoms with van der Waals surface area (Å²) in [5.41, 5.74) is 0.814. The lowest BCUT2D eigenvalue weighted by atomic mass is 9.84. The minimum atomic E-state index is -2.28. The Balaban J connectivity index is 1.00. The van der Waals surface area contributed by atoms with E-state index in [1.54, 1.807) is 13.8 Å².